The number of pyridine rings is 1. The lowest BCUT2D eigenvalue weighted by molar-refractivity contribution is 0.283. The summed E-state index contributed by atoms with van der Waals surface area (Å²) in [4.78, 5) is 6.63. The monoisotopic (exact) mass is 235 g/mol. The molecule has 0 saturated heterocycles. The van der Waals surface area contributed by atoms with E-state index in [4.69, 9.17) is 0 Å². The zero-order valence-electron chi connectivity index (χ0n) is 11.3. The summed E-state index contributed by atoms with van der Waals surface area (Å²) >= 11 is 0. The van der Waals surface area contributed by atoms with Gasteiger partial charge in [-0.25, -0.2) is 0 Å². The van der Waals surface area contributed by atoms with Gasteiger partial charge in [0.1, 0.15) is 0 Å². The molecule has 1 N–H and O–H groups in total. The predicted octanol–water partition coefficient (Wildman–Crippen LogP) is 1.94. The van der Waals surface area contributed by atoms with E-state index in [0.29, 0.717) is 6.04 Å². The Hall–Kier alpha value is -0.930. The Labute approximate surface area is 105 Å². The fraction of sp³-hybridized carbons (Fsp3) is 0.643. The van der Waals surface area contributed by atoms with Gasteiger partial charge in [-0.05, 0) is 51.2 Å². The van der Waals surface area contributed by atoms with E-state index >= 15 is 0 Å². The van der Waals surface area contributed by atoms with Crippen molar-refractivity contribution in [2.45, 2.75) is 32.7 Å². The molecule has 0 radical (unpaired) electrons. The molecular formula is C14H25N3. The van der Waals surface area contributed by atoms with Crippen molar-refractivity contribution in [3.8, 4) is 0 Å². The van der Waals surface area contributed by atoms with Crippen molar-refractivity contribution in [2.75, 3.05) is 26.7 Å². The second-order valence-corrected chi connectivity index (χ2v) is 4.37. The standard InChI is InChI=1S/C14H25N3/c1-4-17(5-2)10-8-14(15-3)11-13-7-6-9-16-12-13/h6-7,9,12,14-15H,4-5,8,10-11H2,1-3H3. The fourth-order valence-corrected chi connectivity index (χ4v) is 2.03. The van der Waals surface area contributed by atoms with Gasteiger partial charge in [0.15, 0.2) is 0 Å². The van der Waals surface area contributed by atoms with E-state index in [9.17, 15) is 0 Å². The number of aromatic nitrogens is 1. The summed E-state index contributed by atoms with van der Waals surface area (Å²) in [5, 5.41) is 3.40. The Morgan fingerprint density at radius 1 is 1.35 bits per heavy atom. The molecule has 0 spiro atoms. The van der Waals surface area contributed by atoms with E-state index in [1.807, 2.05) is 25.5 Å². The second-order valence-electron chi connectivity index (χ2n) is 4.37. The lowest BCUT2D eigenvalue weighted by atomic mass is 10.0. The van der Waals surface area contributed by atoms with Crippen LogP contribution in [0.2, 0.25) is 0 Å². The van der Waals surface area contributed by atoms with E-state index in [0.717, 1.165) is 19.5 Å². The van der Waals surface area contributed by atoms with Gasteiger partial charge in [0.25, 0.3) is 0 Å². The lowest BCUT2D eigenvalue weighted by Crippen LogP contribution is -2.33. The SMILES string of the molecule is CCN(CC)CCC(Cc1cccnc1)NC. The van der Waals surface area contributed by atoms with Crippen LogP contribution in [-0.2, 0) is 6.42 Å². The Morgan fingerprint density at radius 3 is 2.65 bits per heavy atom. The highest BCUT2D eigenvalue weighted by atomic mass is 15.1. The maximum Gasteiger partial charge on any atom is 0.0300 e. The maximum absolute atomic E-state index is 4.16. The minimum atomic E-state index is 0.541. The van der Waals surface area contributed by atoms with Crippen LogP contribution in [0.25, 0.3) is 0 Å². The summed E-state index contributed by atoms with van der Waals surface area (Å²) in [7, 11) is 2.04. The van der Waals surface area contributed by atoms with E-state index in [2.05, 4.69) is 35.1 Å². The zero-order valence-corrected chi connectivity index (χ0v) is 11.3. The molecule has 0 aliphatic carbocycles. The quantitative estimate of drug-likeness (QED) is 0.746. The molecule has 17 heavy (non-hydrogen) atoms. The third kappa shape index (κ3) is 5.29. The second kappa shape index (κ2) is 8.20. The molecular weight excluding hydrogens is 210 g/mol. The van der Waals surface area contributed by atoms with Crippen LogP contribution in [0.3, 0.4) is 0 Å². The number of nitrogens with one attached hydrogen (secondary N) is 1. The van der Waals surface area contributed by atoms with Crippen LogP contribution in [0.1, 0.15) is 25.8 Å². The minimum absolute atomic E-state index is 0.541. The lowest BCUT2D eigenvalue weighted by Gasteiger charge is -2.22. The van der Waals surface area contributed by atoms with Crippen LogP contribution < -0.4 is 5.32 Å². The van der Waals surface area contributed by atoms with Gasteiger partial charge in [0.05, 0.1) is 0 Å². The normalized spacial score (nSPS) is 12.9. The number of hydrogen-bond donors (Lipinski definition) is 1. The van der Waals surface area contributed by atoms with Gasteiger partial charge >= 0.3 is 0 Å². The van der Waals surface area contributed by atoms with Crippen molar-refractivity contribution < 1.29 is 0 Å². The minimum Gasteiger partial charge on any atom is -0.317 e. The van der Waals surface area contributed by atoms with Gasteiger partial charge in [-0.1, -0.05) is 19.9 Å². The van der Waals surface area contributed by atoms with Crippen LogP contribution in [0, 0.1) is 0 Å². The highest BCUT2D eigenvalue weighted by Crippen LogP contribution is 2.05. The Morgan fingerprint density at radius 2 is 2.12 bits per heavy atom. The van der Waals surface area contributed by atoms with Gasteiger partial charge in [-0.15, -0.1) is 0 Å². The maximum atomic E-state index is 4.16. The molecule has 1 unspecified atom stereocenters. The number of likely N-dealkylation sites (N-methyl/N-ethyl adjacent to an activating group) is 1. The van der Waals surface area contributed by atoms with Gasteiger partial charge in [0, 0.05) is 18.4 Å². The molecule has 1 atom stereocenters. The first kappa shape index (κ1) is 14.1. The molecule has 0 aromatic carbocycles. The molecule has 1 aromatic heterocycles. The first-order chi connectivity index (χ1) is 8.30. The predicted molar refractivity (Wildman–Crippen MR) is 73.2 cm³/mol. The van der Waals surface area contributed by atoms with E-state index < -0.39 is 0 Å². The molecule has 0 amide bonds. The number of hydrogen-bond acceptors (Lipinski definition) is 3. The van der Waals surface area contributed by atoms with Gasteiger partial charge in [-0.3, -0.25) is 4.98 Å². The Balaban J connectivity index is 2.38. The fourth-order valence-electron chi connectivity index (χ4n) is 2.03. The van der Waals surface area contributed by atoms with Crippen LogP contribution in [0.15, 0.2) is 24.5 Å². The van der Waals surface area contributed by atoms with E-state index in [1.165, 1.54) is 18.5 Å². The van der Waals surface area contributed by atoms with Crippen LogP contribution in [-0.4, -0.2) is 42.6 Å². The first-order valence-electron chi connectivity index (χ1n) is 6.58. The molecule has 1 rings (SSSR count). The molecule has 1 aromatic rings. The molecule has 1 heterocycles. The number of rotatable bonds is 8. The molecule has 3 heteroatoms. The van der Waals surface area contributed by atoms with Crippen molar-refractivity contribution in [3.05, 3.63) is 30.1 Å². The van der Waals surface area contributed by atoms with E-state index in [1.54, 1.807) is 0 Å². The van der Waals surface area contributed by atoms with Gasteiger partial charge in [-0.2, -0.15) is 0 Å². The summed E-state index contributed by atoms with van der Waals surface area (Å²) in [6.45, 7) is 7.89. The largest absolute Gasteiger partial charge is 0.317 e. The van der Waals surface area contributed by atoms with Gasteiger partial charge < -0.3 is 10.2 Å². The molecule has 0 aliphatic rings. The average Bonchev–Trinajstić information content (AvgIpc) is 2.39. The van der Waals surface area contributed by atoms with Gasteiger partial charge in [0.2, 0.25) is 0 Å². The van der Waals surface area contributed by atoms with Crippen molar-refractivity contribution in [2.24, 2.45) is 0 Å². The summed E-state index contributed by atoms with van der Waals surface area (Å²) in [6, 6.07) is 4.70. The van der Waals surface area contributed by atoms with E-state index in [-0.39, 0.29) is 0 Å². The zero-order chi connectivity index (χ0) is 12.5. The molecule has 0 fully saturated rings. The third-order valence-corrected chi connectivity index (χ3v) is 3.30. The average molecular weight is 235 g/mol. The summed E-state index contributed by atoms with van der Waals surface area (Å²) < 4.78 is 0. The summed E-state index contributed by atoms with van der Waals surface area (Å²) in [6.07, 6.45) is 6.04. The summed E-state index contributed by atoms with van der Waals surface area (Å²) in [5.74, 6) is 0. The van der Waals surface area contributed by atoms with Crippen molar-refractivity contribution >= 4 is 0 Å². The highest BCUT2D eigenvalue weighted by Gasteiger charge is 2.09. The first-order valence-corrected chi connectivity index (χ1v) is 6.58. The smallest absolute Gasteiger partial charge is 0.0300 e. The Kier molecular flexibility index (Phi) is 6.82. The van der Waals surface area contributed by atoms with Crippen molar-refractivity contribution in [3.63, 3.8) is 0 Å². The van der Waals surface area contributed by atoms with Crippen LogP contribution in [0.4, 0.5) is 0 Å². The van der Waals surface area contributed by atoms with Crippen molar-refractivity contribution in [1.29, 1.82) is 0 Å². The third-order valence-electron chi connectivity index (χ3n) is 3.30. The topological polar surface area (TPSA) is 28.2 Å². The van der Waals surface area contributed by atoms with Crippen LogP contribution in [0.5, 0.6) is 0 Å². The van der Waals surface area contributed by atoms with Crippen LogP contribution >= 0.6 is 0 Å². The number of nitrogens with zero attached hydrogens (tertiary/aromatic N) is 2. The summed E-state index contributed by atoms with van der Waals surface area (Å²) in [5.41, 5.74) is 1.31. The molecule has 3 nitrogen and oxygen atoms in total. The van der Waals surface area contributed by atoms with Crippen molar-refractivity contribution in [1.82, 2.24) is 15.2 Å². The molecule has 96 valence electrons. The Bertz CT molecular complexity index is 283. The molecule has 0 saturated carbocycles. The molecule has 0 aliphatic heterocycles. The highest BCUT2D eigenvalue weighted by molar-refractivity contribution is 5.10. The molecule has 0 bridgehead atoms.